The Morgan fingerprint density at radius 1 is 0.161 bits per heavy atom. The third kappa shape index (κ3) is 12.9. The lowest BCUT2D eigenvalue weighted by molar-refractivity contribution is 1.48. The molecule has 23 aromatic carbocycles. The van der Waals surface area contributed by atoms with Crippen molar-refractivity contribution in [1.82, 2.24) is 0 Å². The number of hydrogen-bond donors (Lipinski definition) is 0. The van der Waals surface area contributed by atoms with Crippen LogP contribution in [-0.2, 0) is 0 Å². The highest BCUT2D eigenvalue weighted by Crippen LogP contribution is 2.53. The monoisotopic (exact) mass is 1570 g/mol. The van der Waals surface area contributed by atoms with Crippen LogP contribution in [0.1, 0.15) is 27.8 Å². The molecule has 6 nitrogen and oxygen atoms in total. The van der Waals surface area contributed by atoms with E-state index in [1.165, 1.54) is 109 Å². The first kappa shape index (κ1) is 74.0. The van der Waals surface area contributed by atoms with Crippen molar-refractivity contribution in [3.63, 3.8) is 0 Å². The number of benzene rings is 23. The molecule has 23 aromatic rings. The van der Waals surface area contributed by atoms with Crippen molar-refractivity contribution in [3.8, 4) is 142 Å². The Kier molecular flexibility index (Phi) is 18.5. The molecule has 0 bridgehead atoms. The predicted molar refractivity (Wildman–Crippen MR) is 512 cm³/mol. The van der Waals surface area contributed by atoms with Gasteiger partial charge >= 0.3 is 0 Å². The molecule has 6 heteroatoms. The summed E-state index contributed by atoms with van der Waals surface area (Å²) in [5.74, 6) is 0. The van der Waals surface area contributed by atoms with E-state index in [0.717, 1.165) is 110 Å². The van der Waals surface area contributed by atoms with Crippen LogP contribution in [0.5, 0.6) is 0 Å². The number of fused-ring (bicyclic) bond motifs is 1. The fourth-order valence-corrected chi connectivity index (χ4v) is 18.8. The smallest absolute Gasteiger partial charge is 0.187 e. The summed E-state index contributed by atoms with van der Waals surface area (Å²) in [7, 11) is 0. The minimum Gasteiger partial charge on any atom is -0.238 e. The molecule has 0 saturated carbocycles. The van der Waals surface area contributed by atoms with Crippen LogP contribution in [0.25, 0.3) is 224 Å². The Morgan fingerprint density at radius 3 is 0.702 bits per heavy atom. The maximum atomic E-state index is 9.74. The van der Waals surface area contributed by atoms with Gasteiger partial charge < -0.3 is 0 Å². The Balaban J connectivity index is 0.000000115. The van der Waals surface area contributed by atoms with Crippen molar-refractivity contribution in [2.24, 2.45) is 0 Å². The maximum absolute atomic E-state index is 9.74. The van der Waals surface area contributed by atoms with E-state index in [1.807, 2.05) is 127 Å². The number of rotatable bonds is 10. The molecule has 124 heavy (non-hydrogen) atoms. The highest BCUT2D eigenvalue weighted by molar-refractivity contribution is 6.34. The summed E-state index contributed by atoms with van der Waals surface area (Å²) in [5, 5.41) is 71.9. The number of hydrogen-bond acceptors (Lipinski definition) is 5. The van der Waals surface area contributed by atoms with Gasteiger partial charge in [0, 0.05) is 0 Å². The molecule has 0 aliphatic rings. The zero-order valence-corrected chi connectivity index (χ0v) is 66.8. The van der Waals surface area contributed by atoms with E-state index >= 15 is 0 Å². The Morgan fingerprint density at radius 2 is 0.387 bits per heavy atom. The fraction of sp³-hybridized carbons (Fsp3) is 0. The molecule has 0 radical (unpaired) electrons. The van der Waals surface area contributed by atoms with Gasteiger partial charge in [0.25, 0.3) is 0 Å². The lowest BCUT2D eigenvalue weighted by Crippen LogP contribution is -1.94. The molecule has 0 fully saturated rings. The molecule has 0 N–H and O–H groups in total. The van der Waals surface area contributed by atoms with Crippen LogP contribution in [-0.4, -0.2) is 0 Å². The molecular formula is C118H66N6. The van der Waals surface area contributed by atoms with Crippen LogP contribution in [0, 0.1) is 63.2 Å². The van der Waals surface area contributed by atoms with E-state index in [1.54, 1.807) is 0 Å². The van der Waals surface area contributed by atoms with Gasteiger partial charge in [-0.05, 0) is 316 Å². The van der Waals surface area contributed by atoms with Gasteiger partial charge in [0.15, 0.2) is 5.69 Å². The largest absolute Gasteiger partial charge is 0.238 e. The third-order valence-corrected chi connectivity index (χ3v) is 24.6. The van der Waals surface area contributed by atoms with E-state index < -0.39 is 0 Å². The summed E-state index contributed by atoms with van der Waals surface area (Å²) in [6.45, 7) is 7.46. The van der Waals surface area contributed by atoms with E-state index in [0.29, 0.717) is 33.5 Å². The summed E-state index contributed by atoms with van der Waals surface area (Å²) < 4.78 is 0. The molecule has 0 heterocycles. The quantitative estimate of drug-likeness (QED) is 0.0996. The normalized spacial score (nSPS) is 11.2. The molecule has 0 saturated heterocycles. The van der Waals surface area contributed by atoms with Crippen molar-refractivity contribution in [1.29, 1.82) is 26.3 Å². The summed E-state index contributed by atoms with van der Waals surface area (Å²) >= 11 is 0. The van der Waals surface area contributed by atoms with Crippen LogP contribution in [0.15, 0.2) is 400 Å². The fourth-order valence-electron chi connectivity index (χ4n) is 18.8. The van der Waals surface area contributed by atoms with Crippen molar-refractivity contribution in [2.75, 3.05) is 0 Å². The first-order valence-corrected chi connectivity index (χ1v) is 41.1. The van der Waals surface area contributed by atoms with E-state index in [9.17, 15) is 26.3 Å². The highest BCUT2D eigenvalue weighted by atomic mass is 14.6. The van der Waals surface area contributed by atoms with Gasteiger partial charge in [0.1, 0.15) is 0 Å². The van der Waals surface area contributed by atoms with Crippen LogP contribution >= 0.6 is 0 Å². The van der Waals surface area contributed by atoms with Crippen molar-refractivity contribution >= 4 is 113 Å². The van der Waals surface area contributed by atoms with Gasteiger partial charge in [-0.1, -0.05) is 303 Å². The molecule has 0 aliphatic carbocycles. The zero-order chi connectivity index (χ0) is 83.5. The Hall–Kier alpha value is -17.6. The second-order valence-electron chi connectivity index (χ2n) is 31.5. The van der Waals surface area contributed by atoms with E-state index in [-0.39, 0.29) is 0 Å². The van der Waals surface area contributed by atoms with Crippen LogP contribution in [0.2, 0.25) is 0 Å². The minimum atomic E-state index is 0.611. The Bertz CT molecular complexity index is 8410. The summed E-state index contributed by atoms with van der Waals surface area (Å²) in [6.07, 6.45) is 0. The van der Waals surface area contributed by atoms with Gasteiger partial charge in [-0.2, -0.15) is 26.3 Å². The van der Waals surface area contributed by atoms with E-state index in [4.69, 9.17) is 6.57 Å². The molecule has 0 spiro atoms. The summed E-state index contributed by atoms with van der Waals surface area (Å²) in [6, 6.07) is 150. The lowest BCUT2D eigenvalue weighted by Gasteiger charge is -2.21. The second kappa shape index (κ2) is 31.0. The summed E-state index contributed by atoms with van der Waals surface area (Å²) in [4.78, 5) is 3.61. The molecule has 568 valence electrons. The van der Waals surface area contributed by atoms with Crippen LogP contribution < -0.4 is 0 Å². The van der Waals surface area contributed by atoms with Gasteiger partial charge in [-0.25, -0.2) is 4.85 Å². The van der Waals surface area contributed by atoms with Crippen molar-refractivity contribution in [3.05, 3.63) is 440 Å². The van der Waals surface area contributed by atoms with Crippen LogP contribution in [0.4, 0.5) is 5.69 Å². The minimum absolute atomic E-state index is 0.611. The van der Waals surface area contributed by atoms with E-state index in [2.05, 4.69) is 308 Å². The van der Waals surface area contributed by atoms with Crippen molar-refractivity contribution < 1.29 is 0 Å². The van der Waals surface area contributed by atoms with Gasteiger partial charge in [0.05, 0.1) is 64.7 Å². The molecule has 0 unspecified atom stereocenters. The second-order valence-corrected chi connectivity index (χ2v) is 31.5. The lowest BCUT2D eigenvalue weighted by atomic mass is 9.82. The Labute approximate surface area is 716 Å². The SMILES string of the molecule is N#Cc1ccc(-c2cc(-c3ccc4ccccc4c3)c3ccc4cccc5ccc2c3c54)cc1.N#Cc1ccc(-c2cc(-c3cccc(C#N)c3)c3ccc4c(-c5ccccc5)cc(-c5ccccc5)c5ccc2c3c54)cc1.[C-]#[N+]c1ccc(-c2cc(-c3ccccc3)c3ccc4c(-c5ccc(C#N)cc5)cc(-c5cccc(C#N)c5)c5ccc2c3c45)cc1. The first-order valence-electron chi connectivity index (χ1n) is 41.1. The van der Waals surface area contributed by atoms with Gasteiger partial charge in [0.2, 0.25) is 0 Å². The van der Waals surface area contributed by atoms with Crippen LogP contribution in [0.3, 0.4) is 0 Å². The standard InChI is InChI=1S/C43H23N3.C42H24N2.C33H19N/c1-46-33-16-14-31(15-17-33)39-23-38(29-7-3-2-4-8-29)34-18-19-36-40(30-12-10-27(25-44)11-13-30)24-41(32-9-5-6-28(22-32)26-45)37-21-20-35(39)42(34)43(36)37;43-25-27-14-16-31(17-15-27)39-24-40(32-13-7-8-28(22-32)26-44)36-21-20-34-38(30-11-5-2-6-12-30)23-37(29-9-3-1-4-10-29)33-18-19-35(39)42(36)41(33)34;34-20-21-8-10-23(11-9-21)30-19-31(27-13-12-22-4-1-2-5-26(22)18-27)29-17-15-25-7-3-6-24-14-16-28(30)33(29)32(24)25/h2-24H;1-24H;1-19H. The van der Waals surface area contributed by atoms with Gasteiger partial charge in [-0.15, -0.1) is 0 Å². The molecule has 0 aromatic heterocycles. The first-order chi connectivity index (χ1) is 61.2. The third-order valence-electron chi connectivity index (χ3n) is 24.6. The molecule has 0 amide bonds. The maximum Gasteiger partial charge on any atom is 0.187 e. The molecular weight excluding hydrogens is 1500 g/mol. The number of nitrogens with zero attached hydrogens (tertiary/aromatic N) is 6. The molecule has 23 rings (SSSR count). The van der Waals surface area contributed by atoms with Gasteiger partial charge in [-0.3, -0.25) is 0 Å². The van der Waals surface area contributed by atoms with Crippen molar-refractivity contribution in [2.45, 2.75) is 0 Å². The highest BCUT2D eigenvalue weighted by Gasteiger charge is 2.26. The predicted octanol–water partition coefficient (Wildman–Crippen LogP) is 31.5. The molecule has 0 atom stereocenters. The zero-order valence-electron chi connectivity index (χ0n) is 66.8. The average Bonchev–Trinajstić information content (AvgIpc) is 0.911. The average molecular weight is 1570 g/mol. The summed E-state index contributed by atoms with van der Waals surface area (Å²) in [5.41, 5.74) is 26.1. The number of nitriles is 5. The topological polar surface area (TPSA) is 123 Å². The molecule has 0 aliphatic heterocycles.